The van der Waals surface area contributed by atoms with E-state index in [2.05, 4.69) is 34.5 Å². The van der Waals surface area contributed by atoms with E-state index >= 15 is 0 Å². The number of piperazine rings is 1. The Morgan fingerprint density at radius 2 is 1.79 bits per heavy atom. The summed E-state index contributed by atoms with van der Waals surface area (Å²) in [4.78, 5) is 2.60. The Balaban J connectivity index is 1.62. The quantitative estimate of drug-likeness (QED) is 0.893. The zero-order valence-corrected chi connectivity index (χ0v) is 11.9. The number of nitrogens with zero attached hydrogens (tertiary/aromatic N) is 1. The van der Waals surface area contributed by atoms with Crippen molar-refractivity contribution in [3.05, 3.63) is 35.4 Å². The molecule has 0 radical (unpaired) electrons. The van der Waals surface area contributed by atoms with Gasteiger partial charge in [0.05, 0.1) is 0 Å². The first-order valence-electron chi connectivity index (χ1n) is 7.94. The fourth-order valence-corrected chi connectivity index (χ4v) is 3.61. The van der Waals surface area contributed by atoms with Crippen LogP contribution < -0.4 is 5.32 Å². The summed E-state index contributed by atoms with van der Waals surface area (Å²) >= 11 is 0. The standard InChI is InChI=1S/C17H26N2/c1-2-6-15(5-1)17-8-4-3-7-16(17)9-12-19-13-10-18-11-14-19/h3-4,7-8,15,18H,1-2,5-6,9-14H2. The van der Waals surface area contributed by atoms with E-state index in [9.17, 15) is 0 Å². The first-order chi connectivity index (χ1) is 9.43. The Labute approximate surface area is 117 Å². The van der Waals surface area contributed by atoms with Crippen molar-refractivity contribution in [3.8, 4) is 0 Å². The van der Waals surface area contributed by atoms with Gasteiger partial charge >= 0.3 is 0 Å². The van der Waals surface area contributed by atoms with Crippen LogP contribution in [0.25, 0.3) is 0 Å². The molecule has 0 bridgehead atoms. The predicted octanol–water partition coefficient (Wildman–Crippen LogP) is 2.79. The van der Waals surface area contributed by atoms with Gasteiger partial charge in [0.25, 0.3) is 0 Å². The summed E-state index contributed by atoms with van der Waals surface area (Å²) in [7, 11) is 0. The molecule has 2 nitrogen and oxygen atoms in total. The molecule has 0 aromatic heterocycles. The van der Waals surface area contributed by atoms with Crippen LogP contribution in [0.2, 0.25) is 0 Å². The fraction of sp³-hybridized carbons (Fsp3) is 0.647. The highest BCUT2D eigenvalue weighted by molar-refractivity contribution is 5.31. The molecule has 1 saturated carbocycles. The molecule has 1 aromatic carbocycles. The second-order valence-corrected chi connectivity index (χ2v) is 6.02. The van der Waals surface area contributed by atoms with Crippen LogP contribution in [0.5, 0.6) is 0 Å². The van der Waals surface area contributed by atoms with Crippen LogP contribution >= 0.6 is 0 Å². The summed E-state index contributed by atoms with van der Waals surface area (Å²) in [6.07, 6.45) is 6.90. The smallest absolute Gasteiger partial charge is 0.0108 e. The van der Waals surface area contributed by atoms with E-state index in [-0.39, 0.29) is 0 Å². The summed E-state index contributed by atoms with van der Waals surface area (Å²) < 4.78 is 0. The number of hydrogen-bond acceptors (Lipinski definition) is 2. The Kier molecular flexibility index (Phi) is 4.52. The van der Waals surface area contributed by atoms with Crippen LogP contribution in [0.1, 0.15) is 42.7 Å². The highest BCUT2D eigenvalue weighted by atomic mass is 15.2. The van der Waals surface area contributed by atoms with Crippen molar-refractivity contribution < 1.29 is 0 Å². The maximum atomic E-state index is 3.43. The Morgan fingerprint density at radius 1 is 1.05 bits per heavy atom. The number of benzene rings is 1. The molecule has 1 saturated heterocycles. The van der Waals surface area contributed by atoms with E-state index in [0.29, 0.717) is 0 Å². The minimum absolute atomic E-state index is 0.847. The van der Waals surface area contributed by atoms with Gasteiger partial charge in [-0.2, -0.15) is 0 Å². The lowest BCUT2D eigenvalue weighted by molar-refractivity contribution is 0.243. The first-order valence-corrected chi connectivity index (χ1v) is 7.94. The third kappa shape index (κ3) is 3.37. The zero-order valence-electron chi connectivity index (χ0n) is 11.9. The molecule has 1 N–H and O–H groups in total. The van der Waals surface area contributed by atoms with Gasteiger partial charge in [0.1, 0.15) is 0 Å². The molecule has 104 valence electrons. The highest BCUT2D eigenvalue weighted by Crippen LogP contribution is 2.35. The molecular formula is C17H26N2. The van der Waals surface area contributed by atoms with Gasteiger partial charge in [-0.3, -0.25) is 0 Å². The molecule has 1 aliphatic heterocycles. The lowest BCUT2D eigenvalue weighted by atomic mass is 9.91. The molecule has 0 amide bonds. The molecule has 2 heteroatoms. The molecule has 2 fully saturated rings. The summed E-state index contributed by atoms with van der Waals surface area (Å²) in [6.45, 7) is 5.97. The van der Waals surface area contributed by atoms with Crippen LogP contribution in [0.4, 0.5) is 0 Å². The number of nitrogens with one attached hydrogen (secondary N) is 1. The molecule has 1 heterocycles. The van der Waals surface area contributed by atoms with Crippen molar-refractivity contribution in [3.63, 3.8) is 0 Å². The molecule has 19 heavy (non-hydrogen) atoms. The average Bonchev–Trinajstić information content (AvgIpc) is 3.01. The van der Waals surface area contributed by atoms with Crippen molar-refractivity contribution >= 4 is 0 Å². The molecule has 1 aromatic rings. The van der Waals surface area contributed by atoms with Crippen LogP contribution in [0, 0.1) is 0 Å². The molecule has 2 aliphatic rings. The zero-order chi connectivity index (χ0) is 12.9. The van der Waals surface area contributed by atoms with Gasteiger partial charge in [-0.25, -0.2) is 0 Å². The van der Waals surface area contributed by atoms with Crippen LogP contribution in [-0.2, 0) is 6.42 Å². The molecule has 0 unspecified atom stereocenters. The first kappa shape index (κ1) is 13.1. The van der Waals surface area contributed by atoms with Gasteiger partial charge in [0, 0.05) is 32.7 Å². The third-order valence-electron chi connectivity index (χ3n) is 4.76. The normalized spacial score (nSPS) is 21.9. The molecule has 1 aliphatic carbocycles. The predicted molar refractivity (Wildman–Crippen MR) is 80.7 cm³/mol. The highest BCUT2D eigenvalue weighted by Gasteiger charge is 2.19. The number of hydrogen-bond donors (Lipinski definition) is 1. The van der Waals surface area contributed by atoms with Crippen molar-refractivity contribution in [1.29, 1.82) is 0 Å². The average molecular weight is 258 g/mol. The third-order valence-corrected chi connectivity index (χ3v) is 4.76. The van der Waals surface area contributed by atoms with Crippen LogP contribution in [0.15, 0.2) is 24.3 Å². The topological polar surface area (TPSA) is 15.3 Å². The monoisotopic (exact) mass is 258 g/mol. The van der Waals surface area contributed by atoms with Gasteiger partial charge in [0.15, 0.2) is 0 Å². The lowest BCUT2D eigenvalue weighted by Crippen LogP contribution is -2.44. The Bertz CT molecular complexity index is 390. The maximum absolute atomic E-state index is 3.43. The maximum Gasteiger partial charge on any atom is 0.0108 e. The Morgan fingerprint density at radius 3 is 2.58 bits per heavy atom. The minimum Gasteiger partial charge on any atom is -0.314 e. The van der Waals surface area contributed by atoms with Gasteiger partial charge in [-0.05, 0) is 36.3 Å². The molecular weight excluding hydrogens is 232 g/mol. The van der Waals surface area contributed by atoms with Gasteiger partial charge in [0.2, 0.25) is 0 Å². The summed E-state index contributed by atoms with van der Waals surface area (Å²) in [5, 5.41) is 3.43. The molecule has 0 spiro atoms. The number of rotatable bonds is 4. The van der Waals surface area contributed by atoms with E-state index in [1.165, 1.54) is 51.7 Å². The molecule has 0 atom stereocenters. The van der Waals surface area contributed by atoms with E-state index in [1.807, 2.05) is 0 Å². The summed E-state index contributed by atoms with van der Waals surface area (Å²) in [6, 6.07) is 9.17. The van der Waals surface area contributed by atoms with Crippen molar-refractivity contribution in [2.24, 2.45) is 0 Å². The van der Waals surface area contributed by atoms with E-state index in [0.717, 1.165) is 19.0 Å². The summed E-state index contributed by atoms with van der Waals surface area (Å²) in [5.74, 6) is 0.847. The van der Waals surface area contributed by atoms with Crippen LogP contribution in [0.3, 0.4) is 0 Å². The fourth-order valence-electron chi connectivity index (χ4n) is 3.61. The SMILES string of the molecule is c1ccc(C2CCCC2)c(CCN2CCNCC2)c1. The van der Waals surface area contributed by atoms with E-state index < -0.39 is 0 Å². The largest absolute Gasteiger partial charge is 0.314 e. The van der Waals surface area contributed by atoms with Crippen molar-refractivity contribution in [1.82, 2.24) is 10.2 Å². The second-order valence-electron chi connectivity index (χ2n) is 6.02. The van der Waals surface area contributed by atoms with E-state index in [4.69, 9.17) is 0 Å². The van der Waals surface area contributed by atoms with Crippen molar-refractivity contribution in [2.75, 3.05) is 32.7 Å². The Hall–Kier alpha value is -0.860. The second kappa shape index (κ2) is 6.53. The molecule has 3 rings (SSSR count). The van der Waals surface area contributed by atoms with Gasteiger partial charge < -0.3 is 10.2 Å². The van der Waals surface area contributed by atoms with Crippen molar-refractivity contribution in [2.45, 2.75) is 38.0 Å². The van der Waals surface area contributed by atoms with E-state index in [1.54, 1.807) is 11.1 Å². The van der Waals surface area contributed by atoms with Gasteiger partial charge in [-0.15, -0.1) is 0 Å². The van der Waals surface area contributed by atoms with Crippen LogP contribution in [-0.4, -0.2) is 37.6 Å². The van der Waals surface area contributed by atoms with Gasteiger partial charge in [-0.1, -0.05) is 37.1 Å². The minimum atomic E-state index is 0.847. The summed E-state index contributed by atoms with van der Waals surface area (Å²) in [5.41, 5.74) is 3.25. The lowest BCUT2D eigenvalue weighted by Gasteiger charge is -2.27.